The molecule has 2 aromatic rings. The Labute approximate surface area is 96.7 Å². The first kappa shape index (κ1) is 10.6. The van der Waals surface area contributed by atoms with Crippen LogP contribution >= 0.6 is 0 Å². The monoisotopic (exact) mass is 236 g/mol. The Morgan fingerprint density at radius 3 is 3.12 bits per heavy atom. The lowest BCUT2D eigenvalue weighted by Gasteiger charge is -2.13. The minimum Gasteiger partial charge on any atom is -0.394 e. The number of ether oxygens (including phenoxy) is 1. The summed E-state index contributed by atoms with van der Waals surface area (Å²) in [5, 5.41) is 18.7. The van der Waals surface area contributed by atoms with Crippen molar-refractivity contribution in [1.82, 2.24) is 19.5 Å². The van der Waals surface area contributed by atoms with E-state index in [4.69, 9.17) is 9.84 Å². The fourth-order valence-electron chi connectivity index (χ4n) is 2.05. The number of aliphatic hydroxyl groups is 2. The van der Waals surface area contributed by atoms with Crippen molar-refractivity contribution in [3.8, 4) is 0 Å². The van der Waals surface area contributed by atoms with E-state index in [0.29, 0.717) is 17.6 Å². The average Bonchev–Trinajstić information content (AvgIpc) is 2.92. The fourth-order valence-corrected chi connectivity index (χ4v) is 2.05. The maximum absolute atomic E-state index is 9.68. The summed E-state index contributed by atoms with van der Waals surface area (Å²) in [5.74, 6) is 0. The van der Waals surface area contributed by atoms with Crippen molar-refractivity contribution in [3.63, 3.8) is 0 Å². The fraction of sp³-hybridized carbons (Fsp3) is 0.500. The number of aromatic nitrogens is 4. The molecule has 0 saturated carbocycles. The van der Waals surface area contributed by atoms with Gasteiger partial charge in [-0.2, -0.15) is 0 Å². The summed E-state index contributed by atoms with van der Waals surface area (Å²) in [4.78, 5) is 12.2. The highest BCUT2D eigenvalue weighted by molar-refractivity contribution is 5.68. The van der Waals surface area contributed by atoms with Gasteiger partial charge in [-0.05, 0) is 0 Å². The molecule has 0 radical (unpaired) electrons. The highest BCUT2D eigenvalue weighted by Crippen LogP contribution is 2.30. The second-order valence-corrected chi connectivity index (χ2v) is 4.00. The molecule has 90 valence electrons. The molecule has 1 aliphatic heterocycles. The quantitative estimate of drug-likeness (QED) is 0.728. The first-order valence-corrected chi connectivity index (χ1v) is 5.36. The molecule has 2 aromatic heterocycles. The number of rotatable bonds is 2. The van der Waals surface area contributed by atoms with Crippen LogP contribution in [0.5, 0.6) is 0 Å². The van der Waals surface area contributed by atoms with Gasteiger partial charge in [-0.3, -0.25) is 4.57 Å². The highest BCUT2D eigenvalue weighted by Gasteiger charge is 2.35. The molecule has 0 amide bonds. The molecule has 0 unspecified atom stereocenters. The molecule has 7 nitrogen and oxygen atoms in total. The maximum Gasteiger partial charge on any atom is 0.165 e. The van der Waals surface area contributed by atoms with E-state index in [1.54, 1.807) is 17.1 Å². The normalized spacial score (nSPS) is 28.9. The topological polar surface area (TPSA) is 93.3 Å². The Hall–Kier alpha value is -1.57. The molecule has 0 spiro atoms. The van der Waals surface area contributed by atoms with Crippen LogP contribution in [0.25, 0.3) is 11.2 Å². The second kappa shape index (κ2) is 4.02. The van der Waals surface area contributed by atoms with Crippen LogP contribution < -0.4 is 0 Å². The molecule has 1 aliphatic rings. The smallest absolute Gasteiger partial charge is 0.165 e. The molecule has 7 heteroatoms. The van der Waals surface area contributed by atoms with E-state index in [0.717, 1.165) is 0 Å². The lowest BCUT2D eigenvalue weighted by atomic mass is 10.2. The van der Waals surface area contributed by atoms with Crippen LogP contribution in [0.2, 0.25) is 0 Å². The third-order valence-electron chi connectivity index (χ3n) is 2.93. The first-order valence-electron chi connectivity index (χ1n) is 5.36. The number of fused-ring (bicyclic) bond motifs is 1. The summed E-state index contributed by atoms with van der Waals surface area (Å²) >= 11 is 0. The van der Waals surface area contributed by atoms with E-state index in [9.17, 15) is 5.11 Å². The van der Waals surface area contributed by atoms with Gasteiger partial charge in [0.15, 0.2) is 5.65 Å². The Morgan fingerprint density at radius 2 is 2.35 bits per heavy atom. The molecule has 3 heterocycles. The molecule has 2 N–H and O–H groups in total. The second-order valence-electron chi connectivity index (χ2n) is 4.00. The summed E-state index contributed by atoms with van der Waals surface area (Å²) in [6.07, 6.45) is 3.53. The van der Waals surface area contributed by atoms with E-state index in [1.807, 2.05) is 0 Å². The Balaban J connectivity index is 1.95. The number of nitrogens with zero attached hydrogens (tertiary/aromatic N) is 4. The van der Waals surface area contributed by atoms with Crippen molar-refractivity contribution in [2.45, 2.75) is 24.9 Å². The third-order valence-corrected chi connectivity index (χ3v) is 2.93. The third kappa shape index (κ3) is 1.68. The largest absolute Gasteiger partial charge is 0.394 e. The number of aliphatic hydroxyl groups excluding tert-OH is 2. The van der Waals surface area contributed by atoms with Crippen molar-refractivity contribution in [2.24, 2.45) is 0 Å². The van der Waals surface area contributed by atoms with Gasteiger partial charge in [0.1, 0.15) is 24.2 Å². The molecular formula is C10H12N4O3. The first-order chi connectivity index (χ1) is 8.29. The summed E-state index contributed by atoms with van der Waals surface area (Å²) in [5.41, 5.74) is 1.34. The molecule has 0 bridgehead atoms. The van der Waals surface area contributed by atoms with Crippen LogP contribution in [0, 0.1) is 0 Å². The lowest BCUT2D eigenvalue weighted by Crippen LogP contribution is -2.24. The van der Waals surface area contributed by atoms with Crippen LogP contribution in [0.4, 0.5) is 0 Å². The number of hydrogen-bond acceptors (Lipinski definition) is 6. The highest BCUT2D eigenvalue weighted by atomic mass is 16.5. The van der Waals surface area contributed by atoms with Gasteiger partial charge in [0.25, 0.3) is 0 Å². The zero-order valence-corrected chi connectivity index (χ0v) is 8.97. The van der Waals surface area contributed by atoms with Gasteiger partial charge in [-0.15, -0.1) is 0 Å². The molecule has 1 saturated heterocycles. The Kier molecular flexibility index (Phi) is 2.50. The van der Waals surface area contributed by atoms with Crippen molar-refractivity contribution in [2.75, 3.05) is 6.61 Å². The molecular weight excluding hydrogens is 224 g/mol. The number of imidazole rings is 1. The van der Waals surface area contributed by atoms with Gasteiger partial charge < -0.3 is 14.9 Å². The van der Waals surface area contributed by atoms with Crippen molar-refractivity contribution in [3.05, 3.63) is 18.9 Å². The summed E-state index contributed by atoms with van der Waals surface area (Å²) in [6.45, 7) is -0.195. The summed E-state index contributed by atoms with van der Waals surface area (Å²) < 4.78 is 7.28. The molecule has 17 heavy (non-hydrogen) atoms. The van der Waals surface area contributed by atoms with Crippen molar-refractivity contribution in [1.29, 1.82) is 0 Å². The molecule has 1 fully saturated rings. The minimum atomic E-state index is -0.663. The Bertz CT molecular complexity index is 529. The van der Waals surface area contributed by atoms with E-state index in [1.165, 1.54) is 6.33 Å². The van der Waals surface area contributed by atoms with E-state index in [-0.39, 0.29) is 12.8 Å². The van der Waals surface area contributed by atoms with Crippen LogP contribution in [0.3, 0.4) is 0 Å². The van der Waals surface area contributed by atoms with E-state index < -0.39 is 12.2 Å². The van der Waals surface area contributed by atoms with Gasteiger partial charge in [0.05, 0.1) is 25.2 Å². The molecule has 0 aromatic carbocycles. The van der Waals surface area contributed by atoms with Crippen molar-refractivity contribution >= 4 is 11.2 Å². The molecule has 3 rings (SSSR count). The average molecular weight is 236 g/mol. The zero-order chi connectivity index (χ0) is 11.8. The van der Waals surface area contributed by atoms with Gasteiger partial charge in [0, 0.05) is 6.42 Å². The Morgan fingerprint density at radius 1 is 1.47 bits per heavy atom. The maximum atomic E-state index is 9.68. The molecule has 3 atom stereocenters. The van der Waals surface area contributed by atoms with Crippen molar-refractivity contribution < 1.29 is 14.9 Å². The van der Waals surface area contributed by atoms with Gasteiger partial charge in [-0.25, -0.2) is 15.0 Å². The minimum absolute atomic E-state index is 0.195. The van der Waals surface area contributed by atoms with Crippen LogP contribution in [-0.2, 0) is 4.74 Å². The molecule has 0 aliphatic carbocycles. The predicted octanol–water partition coefficient (Wildman–Crippen LogP) is -0.533. The van der Waals surface area contributed by atoms with Crippen LogP contribution in [-0.4, -0.2) is 48.5 Å². The zero-order valence-electron chi connectivity index (χ0n) is 8.97. The SMILES string of the molecule is OC[C@@H]1O[C@H](n2cnc3cncnc32)C[C@H]1O. The summed E-state index contributed by atoms with van der Waals surface area (Å²) in [6, 6.07) is 0. The van der Waals surface area contributed by atoms with Crippen LogP contribution in [0.1, 0.15) is 12.6 Å². The van der Waals surface area contributed by atoms with Gasteiger partial charge in [0.2, 0.25) is 0 Å². The van der Waals surface area contributed by atoms with Gasteiger partial charge >= 0.3 is 0 Å². The van der Waals surface area contributed by atoms with Gasteiger partial charge in [-0.1, -0.05) is 0 Å². The summed E-state index contributed by atoms with van der Waals surface area (Å²) in [7, 11) is 0. The van der Waals surface area contributed by atoms with E-state index >= 15 is 0 Å². The lowest BCUT2D eigenvalue weighted by molar-refractivity contribution is -0.0432. The van der Waals surface area contributed by atoms with Crippen LogP contribution in [0.15, 0.2) is 18.9 Å². The van der Waals surface area contributed by atoms with E-state index in [2.05, 4.69) is 15.0 Å². The standard InChI is InChI=1S/C10H12N4O3/c15-3-8-7(16)1-9(17-8)14-5-13-6-2-11-4-12-10(6)14/h2,4-5,7-9,15-16H,1,3H2/t7-,8+,9+/m1/s1. The predicted molar refractivity (Wildman–Crippen MR) is 56.9 cm³/mol. The number of hydrogen-bond donors (Lipinski definition) is 2.